The molecule has 1 aliphatic heterocycles. The maximum atomic E-state index is 12.7. The van der Waals surface area contributed by atoms with Crippen LogP contribution < -0.4 is 14.8 Å². The highest BCUT2D eigenvalue weighted by atomic mass is 32.2. The zero-order chi connectivity index (χ0) is 22.4. The maximum absolute atomic E-state index is 12.7. The molecule has 1 aliphatic rings. The van der Waals surface area contributed by atoms with Crippen molar-refractivity contribution in [1.82, 2.24) is 9.62 Å². The monoisotopic (exact) mass is 448 g/mol. The van der Waals surface area contributed by atoms with Crippen molar-refractivity contribution in [2.24, 2.45) is 0 Å². The summed E-state index contributed by atoms with van der Waals surface area (Å²) in [6.07, 6.45) is 0. The second-order valence-corrected chi connectivity index (χ2v) is 9.24. The van der Waals surface area contributed by atoms with Crippen molar-refractivity contribution in [3.63, 3.8) is 0 Å². The van der Waals surface area contributed by atoms with Crippen molar-refractivity contribution in [3.05, 3.63) is 59.2 Å². The molecule has 0 spiro atoms. The number of benzene rings is 2. The molecular formula is C22H28N2O6S. The molecule has 1 heterocycles. The average Bonchev–Trinajstić information content (AvgIpc) is 2.79. The Labute approximate surface area is 183 Å². The highest BCUT2D eigenvalue weighted by Crippen LogP contribution is 2.29. The minimum Gasteiger partial charge on any atom is -0.497 e. The number of amides is 1. The number of hydrogen-bond donors (Lipinski definition) is 1. The fourth-order valence-electron chi connectivity index (χ4n) is 3.41. The normalized spacial score (nSPS) is 15.8. The van der Waals surface area contributed by atoms with Crippen molar-refractivity contribution in [2.45, 2.75) is 18.7 Å². The highest BCUT2D eigenvalue weighted by molar-refractivity contribution is 7.88. The Morgan fingerprint density at radius 1 is 1.10 bits per heavy atom. The summed E-state index contributed by atoms with van der Waals surface area (Å²) < 4.78 is 42.4. The van der Waals surface area contributed by atoms with Gasteiger partial charge >= 0.3 is 0 Å². The van der Waals surface area contributed by atoms with Gasteiger partial charge in [0.2, 0.25) is 10.0 Å². The average molecular weight is 449 g/mol. The smallest absolute Gasteiger partial charge is 0.251 e. The van der Waals surface area contributed by atoms with Crippen molar-refractivity contribution in [2.75, 3.05) is 40.5 Å². The molecule has 1 unspecified atom stereocenters. The van der Waals surface area contributed by atoms with E-state index in [1.807, 2.05) is 13.0 Å². The molecule has 9 heteroatoms. The van der Waals surface area contributed by atoms with Crippen molar-refractivity contribution in [3.8, 4) is 11.5 Å². The van der Waals surface area contributed by atoms with Crippen molar-refractivity contribution in [1.29, 1.82) is 0 Å². The van der Waals surface area contributed by atoms with Gasteiger partial charge in [0.15, 0.2) is 0 Å². The predicted molar refractivity (Wildman–Crippen MR) is 117 cm³/mol. The van der Waals surface area contributed by atoms with E-state index < -0.39 is 10.0 Å². The van der Waals surface area contributed by atoms with Gasteiger partial charge in [0.1, 0.15) is 11.5 Å². The first-order chi connectivity index (χ1) is 14.8. The van der Waals surface area contributed by atoms with Gasteiger partial charge in [-0.05, 0) is 42.8 Å². The fraction of sp³-hybridized carbons (Fsp3) is 0.409. The number of nitrogens with one attached hydrogen (secondary N) is 1. The van der Waals surface area contributed by atoms with Gasteiger partial charge in [0, 0.05) is 24.2 Å². The molecule has 0 aromatic heterocycles. The van der Waals surface area contributed by atoms with Crippen LogP contribution in [0.2, 0.25) is 0 Å². The lowest BCUT2D eigenvalue weighted by Crippen LogP contribution is -2.41. The lowest BCUT2D eigenvalue weighted by Gasteiger charge is -2.26. The molecule has 0 bridgehead atoms. The molecule has 1 atom stereocenters. The molecule has 168 valence electrons. The number of carbonyl (C=O) groups excluding carboxylic acids is 1. The number of methoxy groups -OCH3 is 2. The van der Waals surface area contributed by atoms with Gasteiger partial charge in [-0.3, -0.25) is 4.79 Å². The number of nitrogens with zero attached hydrogens (tertiary/aromatic N) is 1. The molecule has 3 rings (SSSR count). The van der Waals surface area contributed by atoms with Crippen LogP contribution in [-0.4, -0.2) is 59.2 Å². The number of ether oxygens (including phenoxy) is 3. The van der Waals surface area contributed by atoms with Crippen LogP contribution in [0.1, 0.15) is 34.5 Å². The molecule has 1 saturated heterocycles. The van der Waals surface area contributed by atoms with Crippen molar-refractivity contribution < 1.29 is 27.4 Å². The molecule has 2 aromatic rings. The largest absolute Gasteiger partial charge is 0.497 e. The number of carbonyl (C=O) groups is 1. The van der Waals surface area contributed by atoms with Crippen LogP contribution >= 0.6 is 0 Å². The number of rotatable bonds is 8. The molecule has 0 radical (unpaired) electrons. The number of hydrogen-bond acceptors (Lipinski definition) is 6. The summed E-state index contributed by atoms with van der Waals surface area (Å²) in [5.41, 5.74) is 1.87. The Kier molecular flexibility index (Phi) is 7.53. The Morgan fingerprint density at radius 3 is 2.39 bits per heavy atom. The summed E-state index contributed by atoms with van der Waals surface area (Å²) in [5.74, 6) is 0.951. The zero-order valence-corrected chi connectivity index (χ0v) is 18.8. The topological polar surface area (TPSA) is 94.2 Å². The Bertz CT molecular complexity index is 1000. The number of morpholine rings is 1. The third-order valence-corrected chi connectivity index (χ3v) is 7.03. The molecule has 1 fully saturated rings. The fourth-order valence-corrected chi connectivity index (χ4v) is 4.92. The van der Waals surface area contributed by atoms with Gasteiger partial charge in [-0.2, -0.15) is 4.31 Å². The number of sulfonamides is 1. The highest BCUT2D eigenvalue weighted by Gasteiger charge is 2.24. The van der Waals surface area contributed by atoms with Gasteiger partial charge in [0.25, 0.3) is 5.91 Å². The van der Waals surface area contributed by atoms with Crippen LogP contribution in [0.4, 0.5) is 0 Å². The van der Waals surface area contributed by atoms with Gasteiger partial charge in [0.05, 0.1) is 39.2 Å². The van der Waals surface area contributed by atoms with Gasteiger partial charge in [-0.1, -0.05) is 12.1 Å². The summed E-state index contributed by atoms with van der Waals surface area (Å²) in [6, 6.07) is 11.7. The molecular weight excluding hydrogens is 420 g/mol. The summed E-state index contributed by atoms with van der Waals surface area (Å²) >= 11 is 0. The van der Waals surface area contributed by atoms with E-state index in [1.165, 1.54) is 4.31 Å². The zero-order valence-electron chi connectivity index (χ0n) is 18.0. The van der Waals surface area contributed by atoms with Crippen LogP contribution in [-0.2, 0) is 20.5 Å². The lowest BCUT2D eigenvalue weighted by molar-refractivity contribution is 0.0729. The van der Waals surface area contributed by atoms with Crippen LogP contribution in [0.25, 0.3) is 0 Å². The first-order valence-electron chi connectivity index (χ1n) is 10.0. The second kappa shape index (κ2) is 10.1. The van der Waals surface area contributed by atoms with E-state index in [2.05, 4.69) is 5.32 Å². The molecule has 1 N–H and O–H groups in total. The first-order valence-corrected chi connectivity index (χ1v) is 11.6. The van der Waals surface area contributed by atoms with E-state index in [4.69, 9.17) is 14.2 Å². The van der Waals surface area contributed by atoms with E-state index in [1.54, 1.807) is 50.6 Å². The van der Waals surface area contributed by atoms with E-state index in [9.17, 15) is 13.2 Å². The SMILES string of the molecule is COc1ccc(OC)c(C(C)NC(=O)c2ccc(CS(=O)(=O)N3CCOCC3)cc2)c1. The summed E-state index contributed by atoms with van der Waals surface area (Å²) in [6.45, 7) is 3.42. The molecule has 8 nitrogen and oxygen atoms in total. The van der Waals surface area contributed by atoms with E-state index in [0.717, 1.165) is 5.56 Å². The predicted octanol–water partition coefficient (Wildman–Crippen LogP) is 2.36. The molecule has 1 amide bonds. The quantitative estimate of drug-likeness (QED) is 0.666. The van der Waals surface area contributed by atoms with E-state index in [0.29, 0.717) is 48.9 Å². The Balaban J connectivity index is 1.66. The van der Waals surface area contributed by atoms with Gasteiger partial charge in [-0.25, -0.2) is 8.42 Å². The molecule has 0 saturated carbocycles. The molecule has 0 aliphatic carbocycles. The van der Waals surface area contributed by atoms with Gasteiger partial charge in [-0.15, -0.1) is 0 Å². The standard InChI is InChI=1S/C22H28N2O6S/c1-16(20-14-19(28-2)8-9-21(20)29-3)23-22(25)18-6-4-17(5-7-18)15-31(26,27)24-10-12-30-13-11-24/h4-9,14,16H,10-13,15H2,1-3H3,(H,23,25). The van der Waals surface area contributed by atoms with Gasteiger partial charge < -0.3 is 19.5 Å². The Morgan fingerprint density at radius 2 is 1.77 bits per heavy atom. The Hall–Kier alpha value is -2.62. The van der Waals surface area contributed by atoms with E-state index in [-0.39, 0.29) is 17.7 Å². The third-order valence-electron chi connectivity index (χ3n) is 5.18. The van der Waals surface area contributed by atoms with Crippen LogP contribution in [0.3, 0.4) is 0 Å². The minimum absolute atomic E-state index is 0.105. The lowest BCUT2D eigenvalue weighted by atomic mass is 10.1. The summed E-state index contributed by atoms with van der Waals surface area (Å²) in [4.78, 5) is 12.7. The maximum Gasteiger partial charge on any atom is 0.251 e. The first kappa shape index (κ1) is 23.1. The summed E-state index contributed by atoms with van der Waals surface area (Å²) in [7, 11) is -0.260. The molecule has 31 heavy (non-hydrogen) atoms. The summed E-state index contributed by atoms with van der Waals surface area (Å²) in [5, 5.41) is 2.94. The molecule has 2 aromatic carbocycles. The van der Waals surface area contributed by atoms with Crippen LogP contribution in [0, 0.1) is 0 Å². The minimum atomic E-state index is -3.41. The van der Waals surface area contributed by atoms with Crippen LogP contribution in [0.15, 0.2) is 42.5 Å². The van der Waals surface area contributed by atoms with Crippen LogP contribution in [0.5, 0.6) is 11.5 Å². The van der Waals surface area contributed by atoms with Crippen molar-refractivity contribution >= 4 is 15.9 Å². The van der Waals surface area contributed by atoms with E-state index >= 15 is 0 Å². The second-order valence-electron chi connectivity index (χ2n) is 7.27. The third kappa shape index (κ3) is 5.75.